The van der Waals surface area contributed by atoms with E-state index in [1.54, 1.807) is 12.1 Å². The molecule has 1 aromatic heterocycles. The fourth-order valence-corrected chi connectivity index (χ4v) is 3.10. The van der Waals surface area contributed by atoms with E-state index >= 15 is 0 Å². The first kappa shape index (κ1) is 20.1. The number of nitrogens with zero attached hydrogens (tertiary/aromatic N) is 2. The summed E-state index contributed by atoms with van der Waals surface area (Å²) in [5, 5.41) is 12.5. The van der Waals surface area contributed by atoms with Gasteiger partial charge in [-0.1, -0.05) is 48.5 Å². The van der Waals surface area contributed by atoms with Crippen LogP contribution in [0.4, 0.5) is 11.5 Å². The Bertz CT molecular complexity index is 1020. The number of carbonyl (C=O) groups is 2. The van der Waals surface area contributed by atoms with Crippen LogP contribution < -0.4 is 10.2 Å². The summed E-state index contributed by atoms with van der Waals surface area (Å²) in [5.41, 5.74) is 2.82. The molecule has 3 aromatic rings. The molecule has 3 rings (SSSR count). The maximum absolute atomic E-state index is 12.5. The van der Waals surface area contributed by atoms with E-state index in [9.17, 15) is 14.7 Å². The van der Waals surface area contributed by atoms with Crippen molar-refractivity contribution in [2.75, 3.05) is 16.8 Å². The smallest absolute Gasteiger partial charge is 0.339 e. The Kier molecular flexibility index (Phi) is 6.24. The van der Waals surface area contributed by atoms with Gasteiger partial charge in [-0.2, -0.15) is 0 Å². The summed E-state index contributed by atoms with van der Waals surface area (Å²) in [6.45, 7) is 4.93. The minimum absolute atomic E-state index is 0.0466. The van der Waals surface area contributed by atoms with E-state index in [4.69, 9.17) is 0 Å². The average molecular weight is 389 g/mol. The number of aromatic carboxylic acids is 1. The van der Waals surface area contributed by atoms with Crippen LogP contribution in [0.15, 0.2) is 66.9 Å². The Balaban J connectivity index is 1.87. The Morgan fingerprint density at radius 2 is 1.72 bits per heavy atom. The summed E-state index contributed by atoms with van der Waals surface area (Å²) in [6.07, 6.45) is 1.49. The lowest BCUT2D eigenvalue weighted by Gasteiger charge is -2.24. The Hall–Kier alpha value is -3.67. The molecule has 6 heteroatoms. The van der Waals surface area contributed by atoms with E-state index < -0.39 is 5.97 Å². The van der Waals surface area contributed by atoms with Gasteiger partial charge in [0.05, 0.1) is 11.9 Å². The lowest BCUT2D eigenvalue weighted by atomic mass is 10.1. The van der Waals surface area contributed by atoms with Gasteiger partial charge in [0.15, 0.2) is 0 Å². The summed E-state index contributed by atoms with van der Waals surface area (Å²) < 4.78 is 0. The second-order valence-electron chi connectivity index (χ2n) is 6.67. The zero-order chi connectivity index (χ0) is 20.8. The lowest BCUT2D eigenvalue weighted by molar-refractivity contribution is 0.0696. The van der Waals surface area contributed by atoms with Gasteiger partial charge in [0.1, 0.15) is 11.4 Å². The minimum Gasteiger partial charge on any atom is -0.478 e. The van der Waals surface area contributed by atoms with Crippen molar-refractivity contribution in [3.8, 4) is 0 Å². The van der Waals surface area contributed by atoms with Crippen molar-refractivity contribution < 1.29 is 14.7 Å². The third kappa shape index (κ3) is 4.79. The van der Waals surface area contributed by atoms with Crippen LogP contribution >= 0.6 is 0 Å². The molecular formula is C23H23N3O3. The molecular weight excluding hydrogens is 366 g/mol. The fourth-order valence-electron chi connectivity index (χ4n) is 3.10. The molecule has 2 aromatic carbocycles. The molecule has 1 heterocycles. The molecule has 0 aliphatic rings. The number of anilines is 2. The van der Waals surface area contributed by atoms with E-state index in [0.29, 0.717) is 30.2 Å². The van der Waals surface area contributed by atoms with Crippen molar-refractivity contribution in [2.45, 2.75) is 20.4 Å². The van der Waals surface area contributed by atoms with E-state index in [1.165, 1.54) is 12.3 Å². The normalized spacial score (nSPS) is 10.4. The molecule has 0 aliphatic heterocycles. The van der Waals surface area contributed by atoms with Gasteiger partial charge >= 0.3 is 5.97 Å². The van der Waals surface area contributed by atoms with Gasteiger partial charge in [0.2, 0.25) is 0 Å². The third-order valence-electron chi connectivity index (χ3n) is 4.64. The predicted molar refractivity (Wildman–Crippen MR) is 113 cm³/mol. The molecule has 0 atom stereocenters. The highest BCUT2D eigenvalue weighted by Crippen LogP contribution is 2.24. The van der Waals surface area contributed by atoms with Gasteiger partial charge in [-0.3, -0.25) is 4.79 Å². The first-order valence-corrected chi connectivity index (χ1v) is 9.38. The predicted octanol–water partition coefficient (Wildman–Crippen LogP) is 4.37. The monoisotopic (exact) mass is 389 g/mol. The van der Waals surface area contributed by atoms with Crippen LogP contribution in [0.1, 0.15) is 38.8 Å². The second kappa shape index (κ2) is 9.01. The third-order valence-corrected chi connectivity index (χ3v) is 4.64. The number of rotatable bonds is 7. The summed E-state index contributed by atoms with van der Waals surface area (Å²) in [6, 6.07) is 18.5. The second-order valence-corrected chi connectivity index (χ2v) is 6.67. The van der Waals surface area contributed by atoms with Gasteiger partial charge in [0, 0.05) is 18.7 Å². The Morgan fingerprint density at radius 3 is 2.38 bits per heavy atom. The van der Waals surface area contributed by atoms with Crippen LogP contribution in [-0.4, -0.2) is 28.5 Å². The largest absolute Gasteiger partial charge is 0.478 e. The maximum atomic E-state index is 12.5. The number of aromatic nitrogens is 1. The standard InChI is InChI=1S/C23H23N3O3/c1-3-26(15-17-10-5-4-6-11-17)21-20(23(28)29)13-18(14-24-21)25-22(27)19-12-8-7-9-16(19)2/h4-14H,3,15H2,1-2H3,(H,25,27)(H,28,29). The number of hydrogen-bond donors (Lipinski definition) is 2. The molecule has 0 bridgehead atoms. The summed E-state index contributed by atoms with van der Waals surface area (Å²) in [5.74, 6) is -1.02. The first-order valence-electron chi connectivity index (χ1n) is 9.38. The molecule has 1 amide bonds. The SMILES string of the molecule is CCN(Cc1ccccc1)c1ncc(NC(=O)c2ccccc2C)cc1C(=O)O. The van der Waals surface area contributed by atoms with Gasteiger partial charge in [-0.15, -0.1) is 0 Å². The topological polar surface area (TPSA) is 82.5 Å². The molecule has 0 unspecified atom stereocenters. The molecule has 2 N–H and O–H groups in total. The molecule has 0 aliphatic carbocycles. The molecule has 0 fully saturated rings. The van der Waals surface area contributed by atoms with Crippen molar-refractivity contribution in [2.24, 2.45) is 0 Å². The zero-order valence-electron chi connectivity index (χ0n) is 16.4. The number of nitrogens with one attached hydrogen (secondary N) is 1. The van der Waals surface area contributed by atoms with Crippen LogP contribution in [-0.2, 0) is 6.54 Å². The number of pyridine rings is 1. The van der Waals surface area contributed by atoms with Crippen LogP contribution in [0.2, 0.25) is 0 Å². The van der Waals surface area contributed by atoms with Crippen molar-refractivity contribution in [3.63, 3.8) is 0 Å². The molecule has 29 heavy (non-hydrogen) atoms. The molecule has 6 nitrogen and oxygen atoms in total. The van der Waals surface area contributed by atoms with Gasteiger partial charge in [0.25, 0.3) is 5.91 Å². The van der Waals surface area contributed by atoms with E-state index in [2.05, 4.69) is 10.3 Å². The number of hydrogen-bond acceptors (Lipinski definition) is 4. The van der Waals surface area contributed by atoms with E-state index in [-0.39, 0.29) is 11.5 Å². The van der Waals surface area contributed by atoms with Crippen molar-refractivity contribution in [1.82, 2.24) is 4.98 Å². The molecule has 0 spiro atoms. The minimum atomic E-state index is -1.09. The van der Waals surface area contributed by atoms with Gasteiger partial charge < -0.3 is 15.3 Å². The number of benzene rings is 2. The van der Waals surface area contributed by atoms with Crippen molar-refractivity contribution >= 4 is 23.4 Å². The zero-order valence-corrected chi connectivity index (χ0v) is 16.4. The number of aryl methyl sites for hydroxylation is 1. The van der Waals surface area contributed by atoms with Crippen molar-refractivity contribution in [1.29, 1.82) is 0 Å². The highest BCUT2D eigenvalue weighted by Gasteiger charge is 2.19. The van der Waals surface area contributed by atoms with Gasteiger partial charge in [-0.25, -0.2) is 9.78 Å². The van der Waals surface area contributed by atoms with E-state index in [1.807, 2.05) is 61.2 Å². The van der Waals surface area contributed by atoms with Crippen LogP contribution in [0.5, 0.6) is 0 Å². The lowest BCUT2D eigenvalue weighted by Crippen LogP contribution is -2.25. The molecule has 148 valence electrons. The molecule has 0 saturated heterocycles. The van der Waals surface area contributed by atoms with Gasteiger partial charge in [-0.05, 0) is 37.1 Å². The fraction of sp³-hybridized carbons (Fsp3) is 0.174. The molecule has 0 radical (unpaired) electrons. The quantitative estimate of drug-likeness (QED) is 0.627. The Labute approximate surface area is 169 Å². The van der Waals surface area contributed by atoms with Crippen LogP contribution in [0.3, 0.4) is 0 Å². The summed E-state index contributed by atoms with van der Waals surface area (Å²) in [4.78, 5) is 30.7. The number of carboxylic acid groups (broad SMARTS) is 1. The highest BCUT2D eigenvalue weighted by molar-refractivity contribution is 6.06. The highest BCUT2D eigenvalue weighted by atomic mass is 16.4. The van der Waals surface area contributed by atoms with E-state index in [0.717, 1.165) is 11.1 Å². The summed E-state index contributed by atoms with van der Waals surface area (Å²) in [7, 11) is 0. The summed E-state index contributed by atoms with van der Waals surface area (Å²) >= 11 is 0. The Morgan fingerprint density at radius 1 is 1.03 bits per heavy atom. The van der Waals surface area contributed by atoms with Crippen molar-refractivity contribution in [3.05, 3.63) is 89.1 Å². The number of amides is 1. The number of carboxylic acids is 1. The van der Waals surface area contributed by atoms with Crippen LogP contribution in [0, 0.1) is 6.92 Å². The molecule has 0 saturated carbocycles. The number of carbonyl (C=O) groups excluding carboxylic acids is 1. The average Bonchev–Trinajstić information content (AvgIpc) is 2.73. The first-order chi connectivity index (χ1) is 14.0. The maximum Gasteiger partial charge on any atom is 0.339 e. The van der Waals surface area contributed by atoms with Crippen LogP contribution in [0.25, 0.3) is 0 Å².